The lowest BCUT2D eigenvalue weighted by molar-refractivity contribution is 0.983. The van der Waals surface area contributed by atoms with Gasteiger partial charge in [-0.2, -0.15) is 0 Å². The normalized spacial score (nSPS) is 15.0. The van der Waals surface area contributed by atoms with E-state index in [1.165, 1.54) is 0 Å². The molecule has 48 heavy (non-hydrogen) atoms. The molecule has 8 bridgehead atoms. The fourth-order valence-corrected chi connectivity index (χ4v) is 4.70. The zero-order valence-electron chi connectivity index (χ0n) is 27.1. The molecule has 4 aromatic carbocycles. The molecule has 0 radical (unpaired) electrons. The fraction of sp³-hybridized carbons (Fsp3) is 0.200. The average Bonchev–Trinajstić information content (AvgIpc) is 3.11. The molecule has 0 amide bonds. The summed E-state index contributed by atoms with van der Waals surface area (Å²) in [7, 11) is 0. The SMILES string of the molecule is C1=NCCN=Cc2cccc(c2)C=NCCN=Cc2cccc(c2)C=NCCN=Cc2cccc(c2)C=NCCN=Cc2cccc1c2. The van der Waals surface area contributed by atoms with Crippen molar-refractivity contribution >= 4 is 49.7 Å². The third-order valence-corrected chi connectivity index (χ3v) is 7.00. The lowest BCUT2D eigenvalue weighted by Gasteiger charge is -1.98. The van der Waals surface area contributed by atoms with Crippen molar-refractivity contribution in [2.75, 3.05) is 52.4 Å². The quantitative estimate of drug-likeness (QED) is 0.222. The van der Waals surface area contributed by atoms with Crippen molar-refractivity contribution in [1.29, 1.82) is 0 Å². The molecule has 5 rings (SSSR count). The van der Waals surface area contributed by atoms with Crippen molar-refractivity contribution in [3.05, 3.63) is 142 Å². The predicted molar refractivity (Wildman–Crippen MR) is 205 cm³/mol. The molecule has 8 heteroatoms. The van der Waals surface area contributed by atoms with Crippen molar-refractivity contribution < 1.29 is 0 Å². The van der Waals surface area contributed by atoms with Crippen LogP contribution in [0.2, 0.25) is 0 Å². The van der Waals surface area contributed by atoms with Gasteiger partial charge in [-0.1, -0.05) is 72.8 Å². The van der Waals surface area contributed by atoms with Crippen LogP contribution in [0.5, 0.6) is 0 Å². The lowest BCUT2D eigenvalue weighted by atomic mass is 10.1. The first kappa shape index (κ1) is 33.6. The molecule has 240 valence electrons. The summed E-state index contributed by atoms with van der Waals surface area (Å²) >= 11 is 0. The first-order valence-corrected chi connectivity index (χ1v) is 16.2. The molecule has 1 aliphatic rings. The van der Waals surface area contributed by atoms with E-state index in [1.807, 2.05) is 123 Å². The molecule has 0 aromatic heterocycles. The zero-order chi connectivity index (χ0) is 32.9. The van der Waals surface area contributed by atoms with Crippen molar-refractivity contribution in [1.82, 2.24) is 0 Å². The van der Waals surface area contributed by atoms with E-state index in [0.717, 1.165) is 44.5 Å². The third-order valence-electron chi connectivity index (χ3n) is 7.00. The first-order valence-electron chi connectivity index (χ1n) is 16.2. The largest absolute Gasteiger partial charge is 0.291 e. The minimum absolute atomic E-state index is 0.613. The summed E-state index contributed by atoms with van der Waals surface area (Å²) in [5.74, 6) is 0. The summed E-state index contributed by atoms with van der Waals surface area (Å²) < 4.78 is 0. The highest BCUT2D eigenvalue weighted by Gasteiger charge is 1.95. The first-order chi connectivity index (χ1) is 23.8. The summed E-state index contributed by atoms with van der Waals surface area (Å²) in [6, 6.07) is 32.7. The molecule has 8 nitrogen and oxygen atoms in total. The third kappa shape index (κ3) is 12.6. The molecule has 0 N–H and O–H groups in total. The van der Waals surface area contributed by atoms with Gasteiger partial charge in [0.1, 0.15) is 0 Å². The average molecular weight is 633 g/mol. The molecule has 1 aliphatic heterocycles. The molecule has 0 spiro atoms. The molecule has 4 aromatic rings. The van der Waals surface area contributed by atoms with Gasteiger partial charge in [0.2, 0.25) is 0 Å². The highest BCUT2D eigenvalue weighted by atomic mass is 14.8. The van der Waals surface area contributed by atoms with E-state index >= 15 is 0 Å². The minimum Gasteiger partial charge on any atom is -0.291 e. The molecular formula is C40H40N8. The Morgan fingerprint density at radius 1 is 0.229 bits per heavy atom. The van der Waals surface area contributed by atoms with Gasteiger partial charge >= 0.3 is 0 Å². The van der Waals surface area contributed by atoms with Crippen LogP contribution in [0.1, 0.15) is 44.5 Å². The van der Waals surface area contributed by atoms with Crippen LogP contribution in [-0.2, 0) is 0 Å². The summed E-state index contributed by atoms with van der Waals surface area (Å²) in [5.41, 5.74) is 8.28. The van der Waals surface area contributed by atoms with Crippen LogP contribution in [-0.4, -0.2) is 102 Å². The summed E-state index contributed by atoms with van der Waals surface area (Å²) in [6.45, 7) is 4.91. The van der Waals surface area contributed by atoms with Gasteiger partial charge in [-0.3, -0.25) is 39.9 Å². The lowest BCUT2D eigenvalue weighted by Crippen LogP contribution is -1.94. The summed E-state index contributed by atoms with van der Waals surface area (Å²) in [5, 5.41) is 0. The van der Waals surface area contributed by atoms with E-state index in [1.54, 1.807) is 0 Å². The van der Waals surface area contributed by atoms with E-state index in [4.69, 9.17) is 0 Å². The molecule has 0 unspecified atom stereocenters. The van der Waals surface area contributed by atoms with Crippen LogP contribution in [0.3, 0.4) is 0 Å². The van der Waals surface area contributed by atoms with Crippen LogP contribution in [0, 0.1) is 0 Å². The highest BCUT2D eigenvalue weighted by molar-refractivity contribution is 5.88. The second-order valence-corrected chi connectivity index (χ2v) is 11.0. The number of hydrogen-bond acceptors (Lipinski definition) is 8. The van der Waals surface area contributed by atoms with E-state index in [2.05, 4.69) is 64.2 Å². The van der Waals surface area contributed by atoms with Gasteiger partial charge in [0.05, 0.1) is 52.4 Å². The fourth-order valence-electron chi connectivity index (χ4n) is 4.70. The van der Waals surface area contributed by atoms with Crippen LogP contribution in [0.25, 0.3) is 0 Å². The van der Waals surface area contributed by atoms with E-state index in [9.17, 15) is 0 Å². The number of benzene rings is 4. The number of rotatable bonds is 0. The molecule has 0 saturated carbocycles. The Kier molecular flexibility index (Phi) is 13.8. The van der Waals surface area contributed by atoms with Gasteiger partial charge < -0.3 is 0 Å². The smallest absolute Gasteiger partial charge is 0.0585 e. The zero-order valence-corrected chi connectivity index (χ0v) is 27.1. The number of fused-ring (bicyclic) bond motifs is 8. The predicted octanol–water partition coefficient (Wildman–Crippen LogP) is 6.15. The van der Waals surface area contributed by atoms with Crippen LogP contribution >= 0.6 is 0 Å². The second-order valence-electron chi connectivity index (χ2n) is 11.0. The number of hydrogen-bond donors (Lipinski definition) is 0. The summed E-state index contributed by atoms with van der Waals surface area (Å²) in [4.78, 5) is 36.4. The van der Waals surface area contributed by atoms with Crippen LogP contribution in [0.4, 0.5) is 0 Å². The summed E-state index contributed by atoms with van der Waals surface area (Å²) in [6.07, 6.45) is 15.1. The van der Waals surface area contributed by atoms with Gasteiger partial charge in [-0.05, 0) is 68.8 Å². The Balaban J connectivity index is 1.23. The Labute approximate surface area is 283 Å². The molecule has 0 atom stereocenters. The monoisotopic (exact) mass is 632 g/mol. The van der Waals surface area contributed by atoms with Gasteiger partial charge in [-0.15, -0.1) is 0 Å². The van der Waals surface area contributed by atoms with Crippen molar-refractivity contribution in [3.63, 3.8) is 0 Å². The van der Waals surface area contributed by atoms with Crippen molar-refractivity contribution in [3.8, 4) is 0 Å². The number of nitrogens with zero attached hydrogens (tertiary/aromatic N) is 8. The maximum atomic E-state index is 4.55. The van der Waals surface area contributed by atoms with E-state index < -0.39 is 0 Å². The molecule has 0 saturated heterocycles. The topological polar surface area (TPSA) is 98.9 Å². The van der Waals surface area contributed by atoms with Crippen LogP contribution < -0.4 is 0 Å². The highest BCUT2D eigenvalue weighted by Crippen LogP contribution is 2.05. The van der Waals surface area contributed by atoms with Gasteiger partial charge in [0, 0.05) is 49.7 Å². The standard InChI is InChI=1S/C40H40N8/c1-5-33-21-34(6-1)26-42-14-16-44-28-36-8-3-10-38(23-36)30-46-18-20-48-32-40-12-4-11-39(24-40)31-47-19-17-45-29-37-9-2-7-35(22-37)27-43-15-13-41-25-33/h1-12,21-32H,13-20H2. The van der Waals surface area contributed by atoms with Crippen LogP contribution in [0.15, 0.2) is 137 Å². The van der Waals surface area contributed by atoms with E-state index in [0.29, 0.717) is 52.4 Å². The Bertz CT molecular complexity index is 1460. The minimum atomic E-state index is 0.613. The van der Waals surface area contributed by atoms with E-state index in [-0.39, 0.29) is 0 Å². The molecule has 0 fully saturated rings. The van der Waals surface area contributed by atoms with Gasteiger partial charge in [0.15, 0.2) is 0 Å². The number of aliphatic imine (C=N–C) groups is 8. The van der Waals surface area contributed by atoms with Gasteiger partial charge in [-0.25, -0.2) is 0 Å². The maximum Gasteiger partial charge on any atom is 0.0585 e. The Hall–Kier alpha value is -5.76. The van der Waals surface area contributed by atoms with Gasteiger partial charge in [0.25, 0.3) is 0 Å². The Morgan fingerprint density at radius 3 is 0.521 bits per heavy atom. The molecule has 0 aliphatic carbocycles. The maximum absolute atomic E-state index is 4.55. The van der Waals surface area contributed by atoms with Crippen molar-refractivity contribution in [2.24, 2.45) is 39.9 Å². The molecule has 1 heterocycles. The van der Waals surface area contributed by atoms with Crippen molar-refractivity contribution in [2.45, 2.75) is 0 Å². The molecular weight excluding hydrogens is 592 g/mol. The second kappa shape index (κ2) is 19.7. The Morgan fingerprint density at radius 2 is 0.375 bits per heavy atom.